The molecule has 1 heterocycles. The molecule has 2 rings (SSSR count). The fourth-order valence-electron chi connectivity index (χ4n) is 8.23. The van der Waals surface area contributed by atoms with Crippen LogP contribution < -0.4 is 16.4 Å². The quantitative estimate of drug-likeness (QED) is 0.0997. The number of ether oxygens (including phenoxy) is 3. The first-order valence-electron chi connectivity index (χ1n) is 21.4. The molecule has 1 saturated heterocycles. The van der Waals surface area contributed by atoms with E-state index in [4.69, 9.17) is 19.9 Å². The van der Waals surface area contributed by atoms with Crippen LogP contribution in [0.25, 0.3) is 0 Å². The lowest BCUT2D eigenvalue weighted by molar-refractivity contribution is -0.149. The van der Waals surface area contributed by atoms with Crippen LogP contribution in [-0.4, -0.2) is 152 Å². The highest BCUT2D eigenvalue weighted by Gasteiger charge is 2.43. The lowest BCUT2D eigenvalue weighted by Crippen LogP contribution is -2.60. The average molecular weight is 847 g/mol. The maximum absolute atomic E-state index is 14.4. The first-order chi connectivity index (χ1) is 28.4. The van der Waals surface area contributed by atoms with E-state index >= 15 is 0 Å². The number of hydrogen-bond donors (Lipinski definition) is 4. The number of likely N-dealkylation sites (N-methyl/N-ethyl adjacent to an activating group) is 2. The number of carbonyl (C=O) groups excluding carboxylic acids is 5. The molecule has 16 heteroatoms. The number of likely N-dealkylation sites (tertiary alicyclic amines) is 1. The van der Waals surface area contributed by atoms with Crippen LogP contribution in [0.3, 0.4) is 0 Å². The molecule has 0 unspecified atom stereocenters. The van der Waals surface area contributed by atoms with Crippen molar-refractivity contribution in [3.05, 3.63) is 35.9 Å². The molecule has 0 saturated carbocycles. The zero-order chi connectivity index (χ0) is 45.3. The summed E-state index contributed by atoms with van der Waals surface area (Å²) in [6.45, 7) is 14.3. The lowest BCUT2D eigenvalue weighted by Gasteiger charge is -2.41. The van der Waals surface area contributed by atoms with Crippen LogP contribution in [-0.2, 0) is 49.4 Å². The molecule has 340 valence electrons. The van der Waals surface area contributed by atoms with Crippen molar-refractivity contribution in [2.45, 2.75) is 129 Å². The molecule has 0 spiro atoms. The second-order valence-corrected chi connectivity index (χ2v) is 16.8. The summed E-state index contributed by atoms with van der Waals surface area (Å²) in [5.41, 5.74) is 6.25. The third-order valence-corrected chi connectivity index (χ3v) is 11.8. The minimum absolute atomic E-state index is 0.0647. The van der Waals surface area contributed by atoms with E-state index in [0.717, 1.165) is 5.56 Å². The van der Waals surface area contributed by atoms with Crippen molar-refractivity contribution in [3.63, 3.8) is 0 Å². The van der Waals surface area contributed by atoms with E-state index in [0.29, 0.717) is 39.0 Å². The summed E-state index contributed by atoms with van der Waals surface area (Å²) in [4.78, 5) is 86.0. The third-order valence-electron chi connectivity index (χ3n) is 11.8. The van der Waals surface area contributed by atoms with Gasteiger partial charge in [-0.1, -0.05) is 85.2 Å². The summed E-state index contributed by atoms with van der Waals surface area (Å²) in [5, 5.41) is 15.5. The molecular weight excluding hydrogens is 773 g/mol. The third kappa shape index (κ3) is 14.5. The van der Waals surface area contributed by atoms with Crippen molar-refractivity contribution >= 4 is 35.5 Å². The van der Waals surface area contributed by atoms with Gasteiger partial charge in [0.2, 0.25) is 29.5 Å². The summed E-state index contributed by atoms with van der Waals surface area (Å²) in [6, 6.07) is 5.10. The summed E-state index contributed by atoms with van der Waals surface area (Å²) in [6.07, 6.45) is 0.603. The van der Waals surface area contributed by atoms with Gasteiger partial charge in [-0.3, -0.25) is 24.0 Å². The van der Waals surface area contributed by atoms with Crippen LogP contribution in [0.15, 0.2) is 30.3 Å². The topological polar surface area (TPSA) is 210 Å². The van der Waals surface area contributed by atoms with Gasteiger partial charge in [-0.15, -0.1) is 0 Å². The van der Waals surface area contributed by atoms with Crippen molar-refractivity contribution in [2.75, 3.05) is 54.6 Å². The SMILES string of the molecule is CC[C@H](C)[C@@H]([C@@H](CC(=O)N1CCC[C@H]1[C@H](OC)[C@@H](C)C(=O)N[C@@H](Cc1ccccc1)C(=O)O)OC)N(C)C(=O)[C@@H](NC(=O)[C@H](C(C)C)N(C)C(=O)CCOCCN)C(C)C. The standard InChI is InChI=1S/C44H74N6O10/c1-12-29(6)39(49(9)43(55)37(27(2)3)47-42(54)38(28(4)5)48(8)35(51)20-23-60-24-21-45)34(58-10)26-36(52)50-22-16-19-33(50)40(59-11)30(7)41(53)46-32(44(56)57)25-31-17-14-13-15-18-31/h13-15,17-18,27-30,32-34,37-40H,12,16,19-26,45H2,1-11H3,(H,46,53)(H,47,54)(H,56,57)/t29-,30+,32-,33-,34+,37-,38-,39-,40+/m0/s1. The molecule has 9 atom stereocenters. The number of carboxylic acid groups (broad SMARTS) is 1. The van der Waals surface area contributed by atoms with E-state index in [1.807, 2.05) is 59.7 Å². The van der Waals surface area contributed by atoms with Crippen LogP contribution in [0.5, 0.6) is 0 Å². The van der Waals surface area contributed by atoms with Crippen LogP contribution in [0.1, 0.15) is 86.1 Å². The summed E-state index contributed by atoms with van der Waals surface area (Å²) >= 11 is 0. The highest BCUT2D eigenvalue weighted by Crippen LogP contribution is 2.30. The highest BCUT2D eigenvalue weighted by molar-refractivity contribution is 5.92. The maximum atomic E-state index is 14.4. The number of carbonyl (C=O) groups is 6. The Morgan fingerprint density at radius 2 is 1.55 bits per heavy atom. The van der Waals surface area contributed by atoms with E-state index in [9.17, 15) is 33.9 Å². The summed E-state index contributed by atoms with van der Waals surface area (Å²) < 4.78 is 17.3. The van der Waals surface area contributed by atoms with Crippen LogP contribution in [0.2, 0.25) is 0 Å². The number of hydrogen-bond acceptors (Lipinski definition) is 10. The number of aliphatic carboxylic acids is 1. The number of nitrogens with two attached hydrogens (primary N) is 1. The average Bonchev–Trinajstić information content (AvgIpc) is 3.70. The molecule has 1 aliphatic rings. The van der Waals surface area contributed by atoms with Crippen molar-refractivity contribution in [2.24, 2.45) is 29.4 Å². The molecule has 0 bridgehead atoms. The molecule has 16 nitrogen and oxygen atoms in total. The second kappa shape index (κ2) is 25.6. The zero-order valence-corrected chi connectivity index (χ0v) is 37.8. The van der Waals surface area contributed by atoms with Gasteiger partial charge in [-0.25, -0.2) is 4.79 Å². The molecule has 0 radical (unpaired) electrons. The van der Waals surface area contributed by atoms with Crippen molar-refractivity contribution < 1.29 is 48.1 Å². The Morgan fingerprint density at radius 1 is 0.900 bits per heavy atom. The molecule has 60 heavy (non-hydrogen) atoms. The van der Waals surface area contributed by atoms with Gasteiger partial charge >= 0.3 is 5.97 Å². The smallest absolute Gasteiger partial charge is 0.326 e. The predicted molar refractivity (Wildman–Crippen MR) is 228 cm³/mol. The predicted octanol–water partition coefficient (Wildman–Crippen LogP) is 2.71. The van der Waals surface area contributed by atoms with E-state index in [1.165, 1.54) is 19.1 Å². The van der Waals surface area contributed by atoms with E-state index in [1.54, 1.807) is 43.0 Å². The lowest BCUT2D eigenvalue weighted by atomic mass is 9.89. The molecule has 5 N–H and O–H groups in total. The fraction of sp³-hybridized carbons (Fsp3) is 0.727. The van der Waals surface area contributed by atoms with Gasteiger partial charge in [0.25, 0.3) is 0 Å². The van der Waals surface area contributed by atoms with Crippen molar-refractivity contribution in [1.29, 1.82) is 0 Å². The number of amides is 5. The van der Waals surface area contributed by atoms with Crippen LogP contribution in [0.4, 0.5) is 0 Å². The Morgan fingerprint density at radius 3 is 2.08 bits per heavy atom. The molecule has 0 aromatic heterocycles. The van der Waals surface area contributed by atoms with Gasteiger partial charge in [-0.2, -0.15) is 0 Å². The van der Waals surface area contributed by atoms with E-state index < -0.39 is 66.1 Å². The normalized spacial score (nSPS) is 18.2. The second-order valence-electron chi connectivity index (χ2n) is 16.8. The highest BCUT2D eigenvalue weighted by atomic mass is 16.5. The van der Waals surface area contributed by atoms with Crippen LogP contribution >= 0.6 is 0 Å². The van der Waals surface area contributed by atoms with E-state index in [2.05, 4.69) is 10.6 Å². The molecule has 1 fully saturated rings. The largest absolute Gasteiger partial charge is 0.480 e. The number of rotatable bonds is 26. The van der Waals surface area contributed by atoms with Gasteiger partial charge in [0.05, 0.1) is 56.3 Å². The number of benzene rings is 1. The van der Waals surface area contributed by atoms with Gasteiger partial charge < -0.3 is 50.4 Å². The maximum Gasteiger partial charge on any atom is 0.326 e. The van der Waals surface area contributed by atoms with Crippen LogP contribution in [0, 0.1) is 23.7 Å². The van der Waals surface area contributed by atoms with Gasteiger partial charge in [-0.05, 0) is 36.2 Å². The Labute approximate surface area is 357 Å². The molecule has 5 amide bonds. The Hall–Kier alpha value is -4.12. The number of nitrogens with zero attached hydrogens (tertiary/aromatic N) is 3. The molecule has 1 aromatic carbocycles. The molecule has 1 aromatic rings. The van der Waals surface area contributed by atoms with Gasteiger partial charge in [0.15, 0.2) is 0 Å². The Kier molecular flexibility index (Phi) is 22.2. The molecule has 1 aliphatic heterocycles. The Bertz CT molecular complexity index is 1530. The number of methoxy groups -OCH3 is 2. The summed E-state index contributed by atoms with van der Waals surface area (Å²) in [7, 11) is 6.23. The first-order valence-corrected chi connectivity index (χ1v) is 21.4. The zero-order valence-electron chi connectivity index (χ0n) is 37.8. The monoisotopic (exact) mass is 847 g/mol. The minimum Gasteiger partial charge on any atom is -0.480 e. The van der Waals surface area contributed by atoms with Gasteiger partial charge in [0.1, 0.15) is 18.1 Å². The van der Waals surface area contributed by atoms with E-state index in [-0.39, 0.29) is 61.3 Å². The molecular formula is C44H74N6O10. The number of nitrogens with one attached hydrogen (secondary N) is 2. The first kappa shape index (κ1) is 52.0. The van der Waals surface area contributed by atoms with Gasteiger partial charge in [0, 0.05) is 47.8 Å². The molecule has 0 aliphatic carbocycles. The number of carboxylic acids is 1. The summed E-state index contributed by atoms with van der Waals surface area (Å²) in [5.74, 6) is -4.42. The van der Waals surface area contributed by atoms with Crippen molar-refractivity contribution in [1.82, 2.24) is 25.3 Å². The minimum atomic E-state index is -1.15. The van der Waals surface area contributed by atoms with Crippen molar-refractivity contribution in [3.8, 4) is 0 Å². The Balaban J connectivity index is 2.27. The fourth-order valence-corrected chi connectivity index (χ4v) is 8.23.